The lowest BCUT2D eigenvalue weighted by Gasteiger charge is -2.41. The lowest BCUT2D eigenvalue weighted by molar-refractivity contribution is -0.129. The zero-order chi connectivity index (χ0) is 12.4. The summed E-state index contributed by atoms with van der Waals surface area (Å²) < 4.78 is 0. The molecule has 1 saturated heterocycles. The van der Waals surface area contributed by atoms with Gasteiger partial charge in [0.05, 0.1) is 0 Å². The summed E-state index contributed by atoms with van der Waals surface area (Å²) in [6.07, 6.45) is 0. The number of piperazine rings is 1. The molecule has 0 unspecified atom stereocenters. The molecule has 0 saturated carbocycles. The maximum absolute atomic E-state index is 11.3. The Bertz CT molecular complexity index is 402. The van der Waals surface area contributed by atoms with Crippen molar-refractivity contribution in [1.82, 2.24) is 4.90 Å². The molecule has 0 aromatic heterocycles. The van der Waals surface area contributed by atoms with E-state index in [-0.39, 0.29) is 5.91 Å². The lowest BCUT2D eigenvalue weighted by Crippen LogP contribution is -2.53. The third-order valence-electron chi connectivity index (χ3n) is 3.30. The van der Waals surface area contributed by atoms with Crippen molar-refractivity contribution < 1.29 is 4.79 Å². The molecule has 0 spiro atoms. The van der Waals surface area contributed by atoms with Crippen LogP contribution in [0.25, 0.3) is 0 Å². The number of carbonyl (C=O) groups is 1. The minimum atomic E-state index is 0.161. The monoisotopic (exact) mass is 233 g/mol. The van der Waals surface area contributed by atoms with Crippen LogP contribution in [-0.2, 0) is 4.79 Å². The van der Waals surface area contributed by atoms with Crippen LogP contribution in [0.15, 0.2) is 24.3 Å². The molecular weight excluding hydrogens is 214 g/mol. The predicted molar refractivity (Wildman–Crippen MR) is 69.9 cm³/mol. The molecule has 1 aromatic rings. The zero-order valence-corrected chi connectivity index (χ0v) is 10.4. The van der Waals surface area contributed by atoms with Crippen LogP contribution in [0.1, 0.15) is 13.8 Å². The van der Waals surface area contributed by atoms with E-state index in [4.69, 9.17) is 5.73 Å². The van der Waals surface area contributed by atoms with Crippen molar-refractivity contribution >= 4 is 17.3 Å². The summed E-state index contributed by atoms with van der Waals surface area (Å²) >= 11 is 0. The van der Waals surface area contributed by atoms with Gasteiger partial charge in [-0.3, -0.25) is 4.79 Å². The Morgan fingerprint density at radius 3 is 2.47 bits per heavy atom. The van der Waals surface area contributed by atoms with Gasteiger partial charge >= 0.3 is 0 Å². The maximum atomic E-state index is 11.3. The Labute approximate surface area is 102 Å². The summed E-state index contributed by atoms with van der Waals surface area (Å²) in [5.74, 6) is 0.161. The summed E-state index contributed by atoms with van der Waals surface area (Å²) in [6, 6.07) is 8.25. The van der Waals surface area contributed by atoms with Gasteiger partial charge in [0.15, 0.2) is 0 Å². The molecular formula is C13H19N3O. The Morgan fingerprint density at radius 2 is 1.94 bits per heavy atom. The molecule has 2 rings (SSSR count). The molecule has 2 N–H and O–H groups in total. The van der Waals surface area contributed by atoms with Gasteiger partial charge in [0.2, 0.25) is 5.91 Å². The summed E-state index contributed by atoms with van der Waals surface area (Å²) in [4.78, 5) is 15.5. The highest BCUT2D eigenvalue weighted by atomic mass is 16.2. The summed E-state index contributed by atoms with van der Waals surface area (Å²) in [5.41, 5.74) is 7.64. The number of rotatable bonds is 1. The molecule has 0 radical (unpaired) electrons. The molecule has 17 heavy (non-hydrogen) atoms. The Morgan fingerprint density at radius 1 is 1.29 bits per heavy atom. The number of hydrogen-bond acceptors (Lipinski definition) is 3. The van der Waals surface area contributed by atoms with Crippen molar-refractivity contribution in [2.45, 2.75) is 19.9 Å². The molecule has 1 aliphatic heterocycles. The van der Waals surface area contributed by atoms with Crippen molar-refractivity contribution in [3.05, 3.63) is 24.3 Å². The van der Waals surface area contributed by atoms with Crippen molar-refractivity contribution in [3.63, 3.8) is 0 Å². The third kappa shape index (κ3) is 2.52. The summed E-state index contributed by atoms with van der Waals surface area (Å²) in [6.45, 7) is 6.24. The molecule has 1 amide bonds. The van der Waals surface area contributed by atoms with E-state index < -0.39 is 0 Å². The van der Waals surface area contributed by atoms with E-state index in [1.807, 2.05) is 29.2 Å². The second-order valence-corrected chi connectivity index (χ2v) is 4.60. The molecule has 1 aliphatic rings. The SMILES string of the molecule is CC(=O)N1CCN(c2ccc(N)cc2)[C@H](C)C1. The number of amides is 1. The smallest absolute Gasteiger partial charge is 0.219 e. The molecule has 1 atom stereocenters. The van der Waals surface area contributed by atoms with Gasteiger partial charge in [0, 0.05) is 44.0 Å². The number of benzene rings is 1. The molecule has 1 aromatic carbocycles. The lowest BCUT2D eigenvalue weighted by atomic mass is 10.1. The molecule has 1 fully saturated rings. The van der Waals surface area contributed by atoms with Gasteiger partial charge in [0.1, 0.15) is 0 Å². The fraction of sp³-hybridized carbons (Fsp3) is 0.462. The van der Waals surface area contributed by atoms with Crippen LogP contribution in [0.5, 0.6) is 0 Å². The van der Waals surface area contributed by atoms with Gasteiger partial charge in [-0.25, -0.2) is 0 Å². The molecule has 4 nitrogen and oxygen atoms in total. The van der Waals surface area contributed by atoms with Gasteiger partial charge in [-0.1, -0.05) is 0 Å². The highest BCUT2D eigenvalue weighted by Gasteiger charge is 2.24. The second kappa shape index (κ2) is 4.65. The molecule has 1 heterocycles. The topological polar surface area (TPSA) is 49.6 Å². The molecule has 0 bridgehead atoms. The predicted octanol–water partition coefficient (Wildman–Crippen LogP) is 1.33. The van der Waals surface area contributed by atoms with Crippen LogP contribution in [0.2, 0.25) is 0 Å². The van der Waals surface area contributed by atoms with Crippen LogP contribution >= 0.6 is 0 Å². The van der Waals surface area contributed by atoms with Crippen molar-refractivity contribution in [2.75, 3.05) is 30.3 Å². The molecule has 0 aliphatic carbocycles. The van der Waals surface area contributed by atoms with E-state index in [2.05, 4.69) is 11.8 Å². The van der Waals surface area contributed by atoms with Crippen LogP contribution in [-0.4, -0.2) is 36.5 Å². The van der Waals surface area contributed by atoms with E-state index in [9.17, 15) is 4.79 Å². The number of hydrogen-bond donors (Lipinski definition) is 1. The number of carbonyl (C=O) groups excluding carboxylic acids is 1. The highest BCUT2D eigenvalue weighted by molar-refractivity contribution is 5.73. The quantitative estimate of drug-likeness (QED) is 0.744. The Balaban J connectivity index is 2.09. The first-order valence-corrected chi connectivity index (χ1v) is 5.95. The van der Waals surface area contributed by atoms with Crippen LogP contribution in [0.3, 0.4) is 0 Å². The van der Waals surface area contributed by atoms with E-state index in [0.717, 1.165) is 25.3 Å². The summed E-state index contributed by atoms with van der Waals surface area (Å²) in [7, 11) is 0. The van der Waals surface area contributed by atoms with Crippen LogP contribution in [0.4, 0.5) is 11.4 Å². The van der Waals surface area contributed by atoms with E-state index >= 15 is 0 Å². The Hall–Kier alpha value is -1.71. The average Bonchev–Trinajstić information content (AvgIpc) is 2.30. The maximum Gasteiger partial charge on any atom is 0.219 e. The largest absolute Gasteiger partial charge is 0.399 e. The Kier molecular flexibility index (Phi) is 3.22. The molecule has 92 valence electrons. The minimum Gasteiger partial charge on any atom is -0.399 e. The van der Waals surface area contributed by atoms with Crippen molar-refractivity contribution in [1.29, 1.82) is 0 Å². The zero-order valence-electron chi connectivity index (χ0n) is 10.4. The molecule has 4 heteroatoms. The van der Waals surface area contributed by atoms with Gasteiger partial charge < -0.3 is 15.5 Å². The van der Waals surface area contributed by atoms with E-state index in [1.54, 1.807) is 6.92 Å². The van der Waals surface area contributed by atoms with E-state index in [1.165, 1.54) is 5.69 Å². The third-order valence-corrected chi connectivity index (χ3v) is 3.30. The first kappa shape index (κ1) is 11.8. The minimum absolute atomic E-state index is 0.161. The normalized spacial score (nSPS) is 20.5. The van der Waals surface area contributed by atoms with Crippen LogP contribution in [0, 0.1) is 0 Å². The van der Waals surface area contributed by atoms with Gasteiger partial charge in [-0.2, -0.15) is 0 Å². The second-order valence-electron chi connectivity index (χ2n) is 4.60. The van der Waals surface area contributed by atoms with E-state index in [0.29, 0.717) is 6.04 Å². The van der Waals surface area contributed by atoms with Gasteiger partial charge in [0.25, 0.3) is 0 Å². The van der Waals surface area contributed by atoms with Gasteiger partial charge in [-0.15, -0.1) is 0 Å². The number of nitrogens with zero attached hydrogens (tertiary/aromatic N) is 2. The summed E-state index contributed by atoms with van der Waals surface area (Å²) in [5, 5.41) is 0. The van der Waals surface area contributed by atoms with Crippen LogP contribution < -0.4 is 10.6 Å². The number of nitrogen functional groups attached to an aromatic ring is 1. The fourth-order valence-corrected chi connectivity index (χ4v) is 2.29. The van der Waals surface area contributed by atoms with Gasteiger partial charge in [-0.05, 0) is 31.2 Å². The number of anilines is 2. The van der Waals surface area contributed by atoms with Crippen molar-refractivity contribution in [2.24, 2.45) is 0 Å². The van der Waals surface area contributed by atoms with Crippen molar-refractivity contribution in [3.8, 4) is 0 Å². The fourth-order valence-electron chi connectivity index (χ4n) is 2.29. The highest BCUT2D eigenvalue weighted by Crippen LogP contribution is 2.21. The first-order chi connectivity index (χ1) is 8.08. The number of nitrogens with two attached hydrogens (primary N) is 1. The average molecular weight is 233 g/mol. The first-order valence-electron chi connectivity index (χ1n) is 5.95. The standard InChI is InChI=1S/C13H19N3O/c1-10-9-15(11(2)17)7-8-16(10)13-5-3-12(14)4-6-13/h3-6,10H,7-9,14H2,1-2H3/t10-/m1/s1.